The van der Waals surface area contributed by atoms with E-state index in [4.69, 9.17) is 9.72 Å². The minimum absolute atomic E-state index is 0.734. The van der Waals surface area contributed by atoms with Crippen LogP contribution in [0.4, 0.5) is 11.5 Å². The number of hydrogen-bond acceptors (Lipinski definition) is 5. The molecule has 0 aliphatic carbocycles. The Morgan fingerprint density at radius 3 is 3.10 bits per heavy atom. The van der Waals surface area contributed by atoms with Crippen LogP contribution in [-0.2, 0) is 6.54 Å². The van der Waals surface area contributed by atoms with E-state index >= 15 is 0 Å². The van der Waals surface area contributed by atoms with Crippen LogP contribution in [-0.4, -0.2) is 29.7 Å². The molecule has 1 aliphatic rings. The first-order valence-corrected chi connectivity index (χ1v) is 7.39. The standard InChI is InChI=1S/C16H20N4O/c1-2-17-10-13-11-18-12-16(19-13)20-8-5-9-21-15-7-4-3-6-14(15)20/h3-4,6-7,11-12,17H,2,5,8-10H2,1H3. The minimum Gasteiger partial charge on any atom is -0.491 e. The van der Waals surface area contributed by atoms with Crippen LogP contribution in [0.2, 0.25) is 0 Å². The van der Waals surface area contributed by atoms with Gasteiger partial charge in [0.25, 0.3) is 0 Å². The Morgan fingerprint density at radius 1 is 1.29 bits per heavy atom. The van der Waals surface area contributed by atoms with Crippen LogP contribution in [0.3, 0.4) is 0 Å². The summed E-state index contributed by atoms with van der Waals surface area (Å²) in [6, 6.07) is 8.09. The van der Waals surface area contributed by atoms with E-state index in [0.717, 1.165) is 55.6 Å². The summed E-state index contributed by atoms with van der Waals surface area (Å²) in [5.74, 6) is 1.79. The molecule has 0 spiro atoms. The Bertz CT molecular complexity index is 602. The number of hydrogen-bond donors (Lipinski definition) is 1. The van der Waals surface area contributed by atoms with E-state index in [1.54, 1.807) is 0 Å². The highest BCUT2D eigenvalue weighted by Gasteiger charge is 2.18. The summed E-state index contributed by atoms with van der Waals surface area (Å²) in [5, 5.41) is 3.28. The fourth-order valence-electron chi connectivity index (χ4n) is 2.43. The second kappa shape index (κ2) is 6.54. The predicted octanol–water partition coefficient (Wildman–Crippen LogP) is 2.51. The third-order valence-corrected chi connectivity index (χ3v) is 3.44. The zero-order valence-electron chi connectivity index (χ0n) is 12.2. The van der Waals surface area contributed by atoms with Gasteiger partial charge in [0, 0.05) is 19.3 Å². The maximum Gasteiger partial charge on any atom is 0.151 e. The molecule has 0 fully saturated rings. The van der Waals surface area contributed by atoms with Gasteiger partial charge in [0.15, 0.2) is 5.82 Å². The summed E-state index contributed by atoms with van der Waals surface area (Å²) in [6.07, 6.45) is 4.59. The topological polar surface area (TPSA) is 50.3 Å². The summed E-state index contributed by atoms with van der Waals surface area (Å²) in [4.78, 5) is 11.2. The Morgan fingerprint density at radius 2 is 2.19 bits per heavy atom. The summed E-state index contributed by atoms with van der Waals surface area (Å²) < 4.78 is 5.79. The second-order valence-electron chi connectivity index (χ2n) is 4.97. The van der Waals surface area contributed by atoms with Crippen molar-refractivity contribution in [2.45, 2.75) is 19.9 Å². The molecule has 0 amide bonds. The molecule has 1 aliphatic heterocycles. The predicted molar refractivity (Wildman–Crippen MR) is 83.0 cm³/mol. The van der Waals surface area contributed by atoms with E-state index < -0.39 is 0 Å². The van der Waals surface area contributed by atoms with Crippen molar-refractivity contribution in [1.82, 2.24) is 15.3 Å². The first-order chi connectivity index (χ1) is 10.4. The van der Waals surface area contributed by atoms with Gasteiger partial charge in [0.1, 0.15) is 5.75 Å². The molecule has 5 nitrogen and oxygen atoms in total. The van der Waals surface area contributed by atoms with E-state index in [1.807, 2.05) is 30.6 Å². The van der Waals surface area contributed by atoms with Gasteiger partial charge in [-0.25, -0.2) is 4.98 Å². The SMILES string of the molecule is CCNCc1cncc(N2CCCOc3ccccc32)n1. The number of para-hydroxylation sites is 2. The molecule has 0 radical (unpaired) electrons. The number of rotatable bonds is 4. The van der Waals surface area contributed by atoms with E-state index in [1.165, 1.54) is 0 Å². The monoisotopic (exact) mass is 284 g/mol. The molecule has 5 heteroatoms. The Labute approximate surface area is 125 Å². The van der Waals surface area contributed by atoms with Crippen LogP contribution in [0.5, 0.6) is 5.75 Å². The van der Waals surface area contributed by atoms with Gasteiger partial charge in [0.2, 0.25) is 0 Å². The van der Waals surface area contributed by atoms with E-state index in [-0.39, 0.29) is 0 Å². The maximum absolute atomic E-state index is 5.79. The smallest absolute Gasteiger partial charge is 0.151 e. The summed E-state index contributed by atoms with van der Waals surface area (Å²) in [5.41, 5.74) is 2.02. The molecule has 3 rings (SSSR count). The molecule has 0 bridgehead atoms. The molecule has 0 unspecified atom stereocenters. The average molecular weight is 284 g/mol. The summed E-state index contributed by atoms with van der Waals surface area (Å²) in [7, 11) is 0. The lowest BCUT2D eigenvalue weighted by atomic mass is 10.2. The zero-order valence-corrected chi connectivity index (χ0v) is 12.2. The zero-order chi connectivity index (χ0) is 14.5. The van der Waals surface area contributed by atoms with Gasteiger partial charge in [-0.3, -0.25) is 4.98 Å². The van der Waals surface area contributed by atoms with Gasteiger partial charge in [-0.2, -0.15) is 0 Å². The second-order valence-corrected chi connectivity index (χ2v) is 4.97. The fourth-order valence-corrected chi connectivity index (χ4v) is 2.43. The molecule has 1 aromatic carbocycles. The van der Waals surface area contributed by atoms with E-state index in [0.29, 0.717) is 0 Å². The minimum atomic E-state index is 0.734. The summed E-state index contributed by atoms with van der Waals surface area (Å²) in [6.45, 7) is 5.36. The number of anilines is 2. The van der Waals surface area contributed by atoms with Crippen LogP contribution in [0, 0.1) is 0 Å². The first kappa shape index (κ1) is 13.8. The van der Waals surface area contributed by atoms with Crippen molar-refractivity contribution in [3.05, 3.63) is 42.4 Å². The number of fused-ring (bicyclic) bond motifs is 1. The van der Waals surface area contributed by atoms with E-state index in [2.05, 4.69) is 28.2 Å². The molecule has 2 aromatic rings. The van der Waals surface area contributed by atoms with Crippen molar-refractivity contribution < 1.29 is 4.74 Å². The lowest BCUT2D eigenvalue weighted by molar-refractivity contribution is 0.322. The molecule has 0 saturated carbocycles. The quantitative estimate of drug-likeness (QED) is 0.935. The molecule has 0 atom stereocenters. The van der Waals surface area contributed by atoms with Gasteiger partial charge < -0.3 is 15.0 Å². The van der Waals surface area contributed by atoms with Crippen molar-refractivity contribution in [3.63, 3.8) is 0 Å². The van der Waals surface area contributed by atoms with Crippen LogP contribution in [0.15, 0.2) is 36.7 Å². The lowest BCUT2D eigenvalue weighted by Crippen LogP contribution is -2.20. The van der Waals surface area contributed by atoms with E-state index in [9.17, 15) is 0 Å². The highest BCUT2D eigenvalue weighted by molar-refractivity contribution is 5.67. The Hall–Kier alpha value is -2.14. The van der Waals surface area contributed by atoms with Crippen LogP contribution in [0.1, 0.15) is 19.0 Å². The largest absolute Gasteiger partial charge is 0.491 e. The molecule has 110 valence electrons. The number of aromatic nitrogens is 2. The van der Waals surface area contributed by atoms with Gasteiger partial charge in [-0.15, -0.1) is 0 Å². The van der Waals surface area contributed by atoms with Crippen molar-refractivity contribution in [3.8, 4) is 5.75 Å². The summed E-state index contributed by atoms with van der Waals surface area (Å²) >= 11 is 0. The Balaban J connectivity index is 1.92. The van der Waals surface area contributed by atoms with Crippen molar-refractivity contribution in [2.24, 2.45) is 0 Å². The molecule has 21 heavy (non-hydrogen) atoms. The van der Waals surface area contributed by atoms with Gasteiger partial charge in [-0.05, 0) is 25.1 Å². The third-order valence-electron chi connectivity index (χ3n) is 3.44. The molecule has 1 N–H and O–H groups in total. The number of nitrogens with one attached hydrogen (secondary N) is 1. The third kappa shape index (κ3) is 3.13. The highest BCUT2D eigenvalue weighted by Crippen LogP contribution is 2.34. The Kier molecular flexibility index (Phi) is 4.31. The van der Waals surface area contributed by atoms with Crippen LogP contribution in [0.25, 0.3) is 0 Å². The van der Waals surface area contributed by atoms with Gasteiger partial charge in [-0.1, -0.05) is 19.1 Å². The lowest BCUT2D eigenvalue weighted by Gasteiger charge is -2.22. The van der Waals surface area contributed by atoms with Crippen molar-refractivity contribution >= 4 is 11.5 Å². The highest BCUT2D eigenvalue weighted by atomic mass is 16.5. The normalized spacial score (nSPS) is 14.2. The van der Waals surface area contributed by atoms with Crippen molar-refractivity contribution in [2.75, 3.05) is 24.6 Å². The maximum atomic E-state index is 5.79. The number of benzene rings is 1. The molecule has 0 saturated heterocycles. The number of ether oxygens (including phenoxy) is 1. The molecular weight excluding hydrogens is 264 g/mol. The number of nitrogens with zero attached hydrogens (tertiary/aromatic N) is 3. The van der Waals surface area contributed by atoms with Crippen molar-refractivity contribution in [1.29, 1.82) is 0 Å². The van der Waals surface area contributed by atoms with Crippen LogP contribution < -0.4 is 15.0 Å². The molecule has 1 aromatic heterocycles. The van der Waals surface area contributed by atoms with Crippen LogP contribution >= 0.6 is 0 Å². The molecular formula is C16H20N4O. The first-order valence-electron chi connectivity index (χ1n) is 7.39. The van der Waals surface area contributed by atoms with Gasteiger partial charge in [0.05, 0.1) is 24.2 Å². The fraction of sp³-hybridized carbons (Fsp3) is 0.375. The average Bonchev–Trinajstić information content (AvgIpc) is 2.75. The van der Waals surface area contributed by atoms with Gasteiger partial charge >= 0.3 is 0 Å². The molecule has 2 heterocycles.